The Hall–Kier alpha value is -2.24. The van der Waals surface area contributed by atoms with Crippen molar-refractivity contribution in [3.63, 3.8) is 0 Å². The molecule has 0 bridgehead atoms. The Labute approximate surface area is 113 Å². The normalized spacial score (nSPS) is 9.58. The van der Waals surface area contributed by atoms with Gasteiger partial charge in [0.05, 0.1) is 0 Å². The van der Waals surface area contributed by atoms with Gasteiger partial charge in [0.1, 0.15) is 19.0 Å². The van der Waals surface area contributed by atoms with Crippen molar-refractivity contribution in [2.24, 2.45) is 0 Å². The average molecular weight is 252 g/mol. The predicted molar refractivity (Wildman–Crippen MR) is 75.9 cm³/mol. The van der Waals surface area contributed by atoms with Crippen molar-refractivity contribution in [3.8, 4) is 17.6 Å². The second-order valence-electron chi connectivity index (χ2n) is 4.22. The summed E-state index contributed by atoms with van der Waals surface area (Å²) >= 11 is 0. The first-order valence-electron chi connectivity index (χ1n) is 6.16. The van der Waals surface area contributed by atoms with Crippen LogP contribution in [0.5, 0.6) is 5.75 Å². The quantitative estimate of drug-likeness (QED) is 0.851. The molecule has 0 fully saturated rings. The monoisotopic (exact) mass is 252 g/mol. The summed E-state index contributed by atoms with van der Waals surface area (Å²) in [5, 5.41) is 8.75. The first-order chi connectivity index (χ1) is 9.29. The highest BCUT2D eigenvalue weighted by molar-refractivity contribution is 5.41. The third-order valence-electron chi connectivity index (χ3n) is 2.70. The highest BCUT2D eigenvalue weighted by atomic mass is 16.5. The van der Waals surface area contributed by atoms with E-state index in [0.717, 1.165) is 16.9 Å². The maximum absolute atomic E-state index is 8.75. The van der Waals surface area contributed by atoms with E-state index in [4.69, 9.17) is 9.84 Å². The zero-order valence-electron chi connectivity index (χ0n) is 10.9. The summed E-state index contributed by atoms with van der Waals surface area (Å²) in [4.78, 5) is 0. The molecule has 19 heavy (non-hydrogen) atoms. The van der Waals surface area contributed by atoms with Gasteiger partial charge in [-0.25, -0.2) is 0 Å². The Morgan fingerprint density at radius 1 is 1.11 bits per heavy atom. The van der Waals surface area contributed by atoms with E-state index in [1.807, 2.05) is 55.5 Å². The highest BCUT2D eigenvalue weighted by Crippen LogP contribution is 2.16. The van der Waals surface area contributed by atoms with Gasteiger partial charge in [0, 0.05) is 11.1 Å². The Morgan fingerprint density at radius 2 is 1.95 bits per heavy atom. The molecule has 0 spiro atoms. The molecule has 2 nitrogen and oxygen atoms in total. The Balaban J connectivity index is 2.11. The molecule has 2 rings (SSSR count). The molecule has 0 atom stereocenters. The van der Waals surface area contributed by atoms with E-state index in [-0.39, 0.29) is 6.61 Å². The molecule has 0 heterocycles. The lowest BCUT2D eigenvalue weighted by molar-refractivity contribution is 0.305. The van der Waals surface area contributed by atoms with Gasteiger partial charge in [0.2, 0.25) is 0 Å². The van der Waals surface area contributed by atoms with E-state index in [1.54, 1.807) is 0 Å². The Kier molecular flexibility index (Phi) is 4.60. The minimum Gasteiger partial charge on any atom is -0.489 e. The van der Waals surface area contributed by atoms with Crippen LogP contribution < -0.4 is 4.74 Å². The summed E-state index contributed by atoms with van der Waals surface area (Å²) in [5.74, 6) is 6.44. The van der Waals surface area contributed by atoms with E-state index in [2.05, 4.69) is 11.8 Å². The topological polar surface area (TPSA) is 29.5 Å². The number of aryl methyl sites for hydroxylation is 1. The van der Waals surface area contributed by atoms with Crippen LogP contribution in [0.2, 0.25) is 0 Å². The van der Waals surface area contributed by atoms with Crippen LogP contribution in [0, 0.1) is 18.8 Å². The van der Waals surface area contributed by atoms with Crippen LogP contribution in [0.4, 0.5) is 0 Å². The summed E-state index contributed by atoms with van der Waals surface area (Å²) in [6, 6.07) is 15.7. The molecular weight excluding hydrogens is 236 g/mol. The van der Waals surface area contributed by atoms with Crippen molar-refractivity contribution >= 4 is 0 Å². The molecule has 0 aliphatic rings. The van der Waals surface area contributed by atoms with Gasteiger partial charge in [0.15, 0.2) is 0 Å². The van der Waals surface area contributed by atoms with Crippen LogP contribution in [-0.2, 0) is 6.61 Å². The number of aliphatic hydroxyl groups excluding tert-OH is 1. The van der Waals surface area contributed by atoms with Crippen LogP contribution in [0.1, 0.15) is 16.7 Å². The predicted octanol–water partition coefficient (Wildman–Crippen LogP) is 2.92. The van der Waals surface area contributed by atoms with Gasteiger partial charge in [0.25, 0.3) is 0 Å². The third kappa shape index (κ3) is 3.87. The maximum Gasteiger partial charge on any atom is 0.120 e. The van der Waals surface area contributed by atoms with Crippen LogP contribution in [0.15, 0.2) is 48.5 Å². The van der Waals surface area contributed by atoms with Crippen LogP contribution in [0.25, 0.3) is 0 Å². The molecule has 0 saturated carbocycles. The molecule has 0 aliphatic heterocycles. The van der Waals surface area contributed by atoms with Gasteiger partial charge in [-0.1, -0.05) is 42.2 Å². The van der Waals surface area contributed by atoms with Gasteiger partial charge < -0.3 is 9.84 Å². The van der Waals surface area contributed by atoms with Gasteiger partial charge in [-0.3, -0.25) is 0 Å². The number of benzene rings is 2. The van der Waals surface area contributed by atoms with E-state index in [1.165, 1.54) is 5.56 Å². The van der Waals surface area contributed by atoms with Gasteiger partial charge in [-0.15, -0.1) is 0 Å². The number of aliphatic hydroxyl groups is 1. The van der Waals surface area contributed by atoms with Gasteiger partial charge in [-0.05, 0) is 30.7 Å². The minimum atomic E-state index is -0.132. The first-order valence-corrected chi connectivity index (χ1v) is 6.16. The highest BCUT2D eigenvalue weighted by Gasteiger charge is 2.00. The van der Waals surface area contributed by atoms with Crippen molar-refractivity contribution in [2.45, 2.75) is 13.5 Å². The van der Waals surface area contributed by atoms with Crippen LogP contribution in [0.3, 0.4) is 0 Å². The summed E-state index contributed by atoms with van der Waals surface area (Å²) in [6.45, 7) is 2.38. The zero-order chi connectivity index (χ0) is 13.5. The maximum atomic E-state index is 8.75. The molecule has 0 amide bonds. The fourth-order valence-corrected chi connectivity index (χ4v) is 1.77. The first kappa shape index (κ1) is 13.2. The van der Waals surface area contributed by atoms with Crippen LogP contribution >= 0.6 is 0 Å². The van der Waals surface area contributed by atoms with E-state index in [0.29, 0.717) is 6.61 Å². The summed E-state index contributed by atoms with van der Waals surface area (Å²) < 4.78 is 5.76. The largest absolute Gasteiger partial charge is 0.489 e. The van der Waals surface area contributed by atoms with Gasteiger partial charge >= 0.3 is 0 Å². The molecule has 96 valence electrons. The molecule has 0 radical (unpaired) electrons. The smallest absolute Gasteiger partial charge is 0.120 e. The Morgan fingerprint density at radius 3 is 2.74 bits per heavy atom. The summed E-state index contributed by atoms with van der Waals surface area (Å²) in [5.41, 5.74) is 3.08. The van der Waals surface area contributed by atoms with E-state index in [9.17, 15) is 0 Å². The molecule has 0 aromatic heterocycles. The zero-order valence-corrected chi connectivity index (χ0v) is 10.9. The SMILES string of the molecule is Cc1cccc(OCc2ccccc2C#CCO)c1. The van der Waals surface area contributed by atoms with Crippen LogP contribution in [-0.4, -0.2) is 11.7 Å². The van der Waals surface area contributed by atoms with Crippen molar-refractivity contribution in [1.29, 1.82) is 0 Å². The minimum absolute atomic E-state index is 0.132. The lowest BCUT2D eigenvalue weighted by Crippen LogP contribution is -1.98. The third-order valence-corrected chi connectivity index (χ3v) is 2.70. The molecule has 0 unspecified atom stereocenters. The average Bonchev–Trinajstić information content (AvgIpc) is 2.44. The second-order valence-corrected chi connectivity index (χ2v) is 4.22. The molecular formula is C17H16O2. The van der Waals surface area contributed by atoms with Crippen molar-refractivity contribution in [1.82, 2.24) is 0 Å². The molecule has 2 heteroatoms. The van der Waals surface area contributed by atoms with E-state index >= 15 is 0 Å². The number of hydrogen-bond acceptors (Lipinski definition) is 2. The lowest BCUT2D eigenvalue weighted by atomic mass is 10.1. The van der Waals surface area contributed by atoms with Gasteiger partial charge in [-0.2, -0.15) is 0 Å². The molecule has 2 aromatic rings. The lowest BCUT2D eigenvalue weighted by Gasteiger charge is -2.08. The second kappa shape index (κ2) is 6.63. The summed E-state index contributed by atoms with van der Waals surface area (Å²) in [7, 11) is 0. The number of hydrogen-bond donors (Lipinski definition) is 1. The number of ether oxygens (including phenoxy) is 1. The number of rotatable bonds is 3. The fraction of sp³-hybridized carbons (Fsp3) is 0.176. The fourth-order valence-electron chi connectivity index (χ4n) is 1.77. The molecule has 1 N–H and O–H groups in total. The van der Waals surface area contributed by atoms with Crippen molar-refractivity contribution < 1.29 is 9.84 Å². The standard InChI is InChI=1S/C17H16O2/c1-14-6-4-10-17(12-14)19-13-16-8-3-2-7-15(16)9-5-11-18/h2-4,6-8,10,12,18H,11,13H2,1H3. The van der Waals surface area contributed by atoms with E-state index < -0.39 is 0 Å². The molecule has 0 saturated heterocycles. The Bertz CT molecular complexity index is 606. The van der Waals surface area contributed by atoms with Crippen molar-refractivity contribution in [3.05, 3.63) is 65.2 Å². The van der Waals surface area contributed by atoms with Crippen molar-refractivity contribution in [2.75, 3.05) is 6.61 Å². The molecule has 2 aromatic carbocycles. The molecule has 0 aliphatic carbocycles. The summed E-state index contributed by atoms with van der Waals surface area (Å²) in [6.07, 6.45) is 0.